The number of nitrogens with zero attached hydrogens (tertiary/aromatic N) is 4. The van der Waals surface area contributed by atoms with E-state index < -0.39 is 15.9 Å². The van der Waals surface area contributed by atoms with Crippen molar-refractivity contribution in [2.75, 3.05) is 0 Å². The summed E-state index contributed by atoms with van der Waals surface area (Å²) < 4.78 is 28.1. The van der Waals surface area contributed by atoms with Gasteiger partial charge in [-0.05, 0) is 34.5 Å². The van der Waals surface area contributed by atoms with E-state index in [0.717, 1.165) is 12.8 Å². The van der Waals surface area contributed by atoms with E-state index in [1.165, 1.54) is 23.1 Å². The molecule has 0 fully saturated rings. The summed E-state index contributed by atoms with van der Waals surface area (Å²) in [6, 6.07) is 6.05. The summed E-state index contributed by atoms with van der Waals surface area (Å²) in [5.74, 6) is -0.360. The van der Waals surface area contributed by atoms with Gasteiger partial charge >= 0.3 is 0 Å². The third-order valence-electron chi connectivity index (χ3n) is 3.31. The molecule has 0 radical (unpaired) electrons. The Balaban J connectivity index is 2.14. The number of hydrogen-bond donors (Lipinski definition) is 1. The monoisotopic (exact) mass is 337 g/mol. The van der Waals surface area contributed by atoms with Crippen LogP contribution in [0.1, 0.15) is 33.1 Å². The minimum Gasteiger partial charge on any atom is -0.274 e. The summed E-state index contributed by atoms with van der Waals surface area (Å²) >= 11 is 0. The Hall–Kier alpha value is -2.29. The predicted molar refractivity (Wildman–Crippen MR) is 83.2 cm³/mol. The van der Waals surface area contributed by atoms with Crippen LogP contribution in [0.15, 0.2) is 35.5 Å². The van der Waals surface area contributed by atoms with Gasteiger partial charge in [-0.2, -0.15) is 0 Å². The normalized spacial score (nSPS) is 12.8. The highest BCUT2D eigenvalue weighted by Gasteiger charge is 2.19. The molecule has 0 bridgehead atoms. The molecule has 1 unspecified atom stereocenters. The number of carbonyl (C=O) groups is 1. The van der Waals surface area contributed by atoms with E-state index in [4.69, 9.17) is 0 Å². The molecule has 1 amide bonds. The van der Waals surface area contributed by atoms with Crippen molar-refractivity contribution in [3.63, 3.8) is 0 Å². The number of aromatic nitrogens is 4. The predicted octanol–water partition coefficient (Wildman–Crippen LogP) is 1.29. The number of carbonyl (C=O) groups excluding carboxylic acids is 1. The van der Waals surface area contributed by atoms with Crippen molar-refractivity contribution in [2.45, 2.75) is 38.0 Å². The molecule has 0 spiro atoms. The maximum Gasteiger partial charge on any atom is 0.264 e. The van der Waals surface area contributed by atoms with Crippen LogP contribution in [0.25, 0.3) is 5.69 Å². The molecule has 8 nitrogen and oxygen atoms in total. The van der Waals surface area contributed by atoms with Crippen molar-refractivity contribution < 1.29 is 13.2 Å². The van der Waals surface area contributed by atoms with Crippen LogP contribution in [0.3, 0.4) is 0 Å². The van der Waals surface area contributed by atoms with Crippen molar-refractivity contribution in [3.8, 4) is 5.69 Å². The van der Waals surface area contributed by atoms with Crippen LogP contribution in [-0.2, 0) is 14.8 Å². The molecule has 1 atom stereocenters. The molecule has 0 aliphatic heterocycles. The van der Waals surface area contributed by atoms with Crippen molar-refractivity contribution in [1.29, 1.82) is 0 Å². The lowest BCUT2D eigenvalue weighted by Crippen LogP contribution is -2.31. The van der Waals surface area contributed by atoms with Gasteiger partial charge in [-0.15, -0.1) is 5.10 Å². The lowest BCUT2D eigenvalue weighted by atomic mass is 10.0. The van der Waals surface area contributed by atoms with Gasteiger partial charge in [0.25, 0.3) is 10.0 Å². The summed E-state index contributed by atoms with van der Waals surface area (Å²) in [6.45, 7) is 3.95. The molecular weight excluding hydrogens is 318 g/mol. The fourth-order valence-electron chi connectivity index (χ4n) is 2.23. The SMILES string of the molecule is CCCC(C)CC(=O)NS(=O)(=O)c1cccc(-n2cnnn2)c1. The molecule has 23 heavy (non-hydrogen) atoms. The van der Waals surface area contributed by atoms with Crippen molar-refractivity contribution in [2.24, 2.45) is 5.92 Å². The number of tetrazole rings is 1. The lowest BCUT2D eigenvalue weighted by Gasteiger charge is -2.11. The molecule has 124 valence electrons. The Bertz CT molecular complexity index is 758. The summed E-state index contributed by atoms with van der Waals surface area (Å²) in [7, 11) is -3.92. The zero-order valence-corrected chi connectivity index (χ0v) is 13.8. The maximum atomic E-state index is 12.3. The fourth-order valence-corrected chi connectivity index (χ4v) is 3.27. The van der Waals surface area contributed by atoms with E-state index in [1.807, 2.05) is 13.8 Å². The number of sulfonamides is 1. The summed E-state index contributed by atoms with van der Waals surface area (Å²) in [5.41, 5.74) is 0.490. The summed E-state index contributed by atoms with van der Waals surface area (Å²) in [6.07, 6.45) is 3.37. The third-order valence-corrected chi connectivity index (χ3v) is 4.68. The van der Waals surface area contributed by atoms with E-state index in [2.05, 4.69) is 20.2 Å². The standard InChI is InChI=1S/C14H19N5O3S/c1-3-5-11(2)8-14(20)16-23(21,22)13-7-4-6-12(9-13)19-10-15-17-18-19/h4,6-7,9-11H,3,5,8H2,1-2H3,(H,16,20). The first-order chi connectivity index (χ1) is 10.9. The first-order valence-electron chi connectivity index (χ1n) is 7.31. The van der Waals surface area contributed by atoms with E-state index >= 15 is 0 Å². The molecule has 1 aromatic heterocycles. The number of amides is 1. The highest BCUT2D eigenvalue weighted by atomic mass is 32.2. The molecule has 1 aromatic carbocycles. The first kappa shape index (κ1) is 17.1. The largest absolute Gasteiger partial charge is 0.274 e. The molecule has 1 N–H and O–H groups in total. The Kier molecular flexibility index (Phi) is 5.43. The van der Waals surface area contributed by atoms with E-state index in [0.29, 0.717) is 5.69 Å². The summed E-state index contributed by atoms with van der Waals surface area (Å²) in [5, 5.41) is 10.7. The van der Waals surface area contributed by atoms with Gasteiger partial charge in [0.15, 0.2) is 0 Å². The van der Waals surface area contributed by atoms with Gasteiger partial charge in [-0.3, -0.25) is 4.79 Å². The summed E-state index contributed by atoms with van der Waals surface area (Å²) in [4.78, 5) is 11.9. The first-order valence-corrected chi connectivity index (χ1v) is 8.79. The Labute approximate surface area is 134 Å². The van der Waals surface area contributed by atoms with Crippen LogP contribution >= 0.6 is 0 Å². The molecule has 9 heteroatoms. The van der Waals surface area contributed by atoms with Crippen molar-refractivity contribution in [3.05, 3.63) is 30.6 Å². The van der Waals surface area contributed by atoms with Gasteiger partial charge in [-0.25, -0.2) is 17.8 Å². The number of nitrogens with one attached hydrogen (secondary N) is 1. The maximum absolute atomic E-state index is 12.3. The topological polar surface area (TPSA) is 107 Å². The van der Waals surface area contributed by atoms with Crippen molar-refractivity contribution in [1.82, 2.24) is 24.9 Å². The van der Waals surface area contributed by atoms with E-state index in [1.54, 1.807) is 12.1 Å². The molecule has 1 heterocycles. The van der Waals surface area contributed by atoms with Crippen LogP contribution in [0.5, 0.6) is 0 Å². The third kappa shape index (κ3) is 4.59. The van der Waals surface area contributed by atoms with Gasteiger partial charge in [0.1, 0.15) is 6.33 Å². The van der Waals surface area contributed by atoms with Gasteiger partial charge in [0, 0.05) is 6.42 Å². The smallest absolute Gasteiger partial charge is 0.264 e. The number of benzene rings is 1. The molecule has 0 saturated heterocycles. The zero-order chi connectivity index (χ0) is 16.9. The molecule has 2 aromatic rings. The zero-order valence-electron chi connectivity index (χ0n) is 13.0. The molecule has 2 rings (SSSR count). The average molecular weight is 337 g/mol. The minimum absolute atomic E-state index is 0.0120. The van der Waals surface area contributed by atoms with Gasteiger partial charge in [-0.1, -0.05) is 32.8 Å². The molecular formula is C14H19N5O3S. The second-order valence-electron chi connectivity index (χ2n) is 5.38. The van der Waals surface area contributed by atoms with Crippen LogP contribution < -0.4 is 4.72 Å². The highest BCUT2D eigenvalue weighted by Crippen LogP contribution is 2.15. The second-order valence-corrected chi connectivity index (χ2v) is 7.06. The van der Waals surface area contributed by atoms with E-state index in [9.17, 15) is 13.2 Å². The van der Waals surface area contributed by atoms with Crippen LogP contribution in [0.2, 0.25) is 0 Å². The average Bonchev–Trinajstić information content (AvgIpc) is 3.01. The molecule has 0 aliphatic carbocycles. The minimum atomic E-state index is -3.92. The molecule has 0 aliphatic rings. The quantitative estimate of drug-likeness (QED) is 0.816. The highest BCUT2D eigenvalue weighted by molar-refractivity contribution is 7.90. The van der Waals surface area contributed by atoms with Crippen LogP contribution in [-0.4, -0.2) is 34.5 Å². The van der Waals surface area contributed by atoms with Gasteiger partial charge in [0.05, 0.1) is 10.6 Å². The number of rotatable bonds is 7. The van der Waals surface area contributed by atoms with Crippen LogP contribution in [0, 0.1) is 5.92 Å². The molecule has 0 saturated carbocycles. The second kappa shape index (κ2) is 7.32. The van der Waals surface area contributed by atoms with E-state index in [-0.39, 0.29) is 17.2 Å². The Morgan fingerprint density at radius 2 is 2.17 bits per heavy atom. The number of hydrogen-bond acceptors (Lipinski definition) is 6. The van der Waals surface area contributed by atoms with Crippen LogP contribution in [0.4, 0.5) is 0 Å². The van der Waals surface area contributed by atoms with Gasteiger partial charge < -0.3 is 0 Å². The fraction of sp³-hybridized carbons (Fsp3) is 0.429. The van der Waals surface area contributed by atoms with Crippen molar-refractivity contribution >= 4 is 15.9 Å². The Morgan fingerprint density at radius 3 is 2.83 bits per heavy atom. The van der Waals surface area contributed by atoms with Gasteiger partial charge in [0.2, 0.25) is 5.91 Å². The lowest BCUT2D eigenvalue weighted by molar-refractivity contribution is -0.120. The Morgan fingerprint density at radius 1 is 1.39 bits per heavy atom.